The summed E-state index contributed by atoms with van der Waals surface area (Å²) in [6.45, 7) is 0. The Labute approximate surface area is 85.0 Å². The number of pyridine rings is 1. The minimum Gasteiger partial charge on any atom is -0.399 e. The fraction of sp³-hybridized carbons (Fsp3) is 0. The number of rotatable bonds is 1. The molecule has 66 valence electrons. The summed E-state index contributed by atoms with van der Waals surface area (Å²) in [5.41, 5.74) is 7.17. The third-order valence-electron chi connectivity index (χ3n) is 1.63. The summed E-state index contributed by atoms with van der Waals surface area (Å²) >= 11 is 7.52. The number of hydrogen-bond acceptors (Lipinski definition) is 3. The topological polar surface area (TPSA) is 38.9 Å². The molecule has 0 aromatic carbocycles. The van der Waals surface area contributed by atoms with E-state index in [2.05, 4.69) is 4.98 Å². The van der Waals surface area contributed by atoms with Gasteiger partial charge in [-0.1, -0.05) is 11.6 Å². The number of halogens is 1. The first kappa shape index (κ1) is 8.53. The molecule has 2 heterocycles. The van der Waals surface area contributed by atoms with Gasteiger partial charge in [0.05, 0.1) is 15.6 Å². The first-order valence-electron chi connectivity index (χ1n) is 3.72. The predicted octanol–water partition coefficient (Wildman–Crippen LogP) is 3.05. The fourth-order valence-corrected chi connectivity index (χ4v) is 2.17. The van der Waals surface area contributed by atoms with Crippen LogP contribution in [0.2, 0.25) is 5.02 Å². The first-order chi connectivity index (χ1) is 6.27. The van der Waals surface area contributed by atoms with Crippen LogP contribution in [0.5, 0.6) is 0 Å². The standard InChI is InChI=1S/C9H7ClN2S/c10-7-2-4-13-9(7)8-5-6(11)1-3-12-8/h1-5H,(H2,11,12). The van der Waals surface area contributed by atoms with Crippen molar-refractivity contribution in [3.63, 3.8) is 0 Å². The van der Waals surface area contributed by atoms with Gasteiger partial charge in [0.1, 0.15) is 0 Å². The maximum absolute atomic E-state index is 5.96. The van der Waals surface area contributed by atoms with Gasteiger partial charge in [-0.25, -0.2) is 0 Å². The number of aromatic nitrogens is 1. The average Bonchev–Trinajstić information content (AvgIpc) is 2.51. The minimum absolute atomic E-state index is 0.703. The van der Waals surface area contributed by atoms with E-state index in [1.807, 2.05) is 17.5 Å². The molecule has 2 aromatic rings. The van der Waals surface area contributed by atoms with Crippen LogP contribution in [-0.4, -0.2) is 4.98 Å². The van der Waals surface area contributed by atoms with Crippen LogP contribution in [0.3, 0.4) is 0 Å². The zero-order valence-electron chi connectivity index (χ0n) is 6.70. The van der Waals surface area contributed by atoms with Gasteiger partial charge in [-0.2, -0.15) is 0 Å². The van der Waals surface area contributed by atoms with Gasteiger partial charge < -0.3 is 5.73 Å². The summed E-state index contributed by atoms with van der Waals surface area (Å²) in [4.78, 5) is 5.16. The molecule has 4 heteroatoms. The molecule has 2 rings (SSSR count). The molecule has 0 aliphatic heterocycles. The largest absolute Gasteiger partial charge is 0.399 e. The summed E-state index contributed by atoms with van der Waals surface area (Å²) in [6.07, 6.45) is 1.68. The lowest BCUT2D eigenvalue weighted by Crippen LogP contribution is -1.86. The van der Waals surface area contributed by atoms with Crippen molar-refractivity contribution in [1.29, 1.82) is 0 Å². The average molecular weight is 211 g/mol. The number of hydrogen-bond donors (Lipinski definition) is 1. The van der Waals surface area contributed by atoms with Gasteiger partial charge in [-0.05, 0) is 23.6 Å². The minimum atomic E-state index is 0.703. The maximum atomic E-state index is 5.96. The molecule has 0 amide bonds. The van der Waals surface area contributed by atoms with Crippen molar-refractivity contribution in [2.24, 2.45) is 0 Å². The lowest BCUT2D eigenvalue weighted by molar-refractivity contribution is 1.34. The van der Waals surface area contributed by atoms with Crippen molar-refractivity contribution in [2.45, 2.75) is 0 Å². The molecule has 0 radical (unpaired) electrons. The van der Waals surface area contributed by atoms with Gasteiger partial charge in [0.25, 0.3) is 0 Å². The Morgan fingerprint density at radius 3 is 2.85 bits per heavy atom. The second-order valence-corrected chi connectivity index (χ2v) is 3.90. The highest BCUT2D eigenvalue weighted by molar-refractivity contribution is 7.14. The molecule has 2 N–H and O–H groups in total. The summed E-state index contributed by atoms with van der Waals surface area (Å²) < 4.78 is 0. The Morgan fingerprint density at radius 1 is 1.38 bits per heavy atom. The Hall–Kier alpha value is -1.06. The SMILES string of the molecule is Nc1ccnc(-c2sccc2Cl)c1. The van der Waals surface area contributed by atoms with E-state index in [9.17, 15) is 0 Å². The Morgan fingerprint density at radius 2 is 2.23 bits per heavy atom. The number of nitrogen functional groups attached to an aromatic ring is 1. The molecular formula is C9H7ClN2S. The van der Waals surface area contributed by atoms with Crippen LogP contribution in [0.25, 0.3) is 10.6 Å². The molecule has 0 unspecified atom stereocenters. The molecule has 0 bridgehead atoms. The van der Waals surface area contributed by atoms with E-state index >= 15 is 0 Å². The van der Waals surface area contributed by atoms with Crippen molar-refractivity contribution < 1.29 is 0 Å². The van der Waals surface area contributed by atoms with E-state index < -0.39 is 0 Å². The molecule has 0 aliphatic rings. The van der Waals surface area contributed by atoms with Crippen LogP contribution in [0.15, 0.2) is 29.8 Å². The van der Waals surface area contributed by atoms with E-state index in [0.29, 0.717) is 5.69 Å². The van der Waals surface area contributed by atoms with Crippen LogP contribution in [0.4, 0.5) is 5.69 Å². The van der Waals surface area contributed by atoms with Crippen molar-refractivity contribution >= 4 is 28.6 Å². The molecule has 2 aromatic heterocycles. The molecule has 13 heavy (non-hydrogen) atoms. The molecule has 0 spiro atoms. The van der Waals surface area contributed by atoms with E-state index in [-0.39, 0.29) is 0 Å². The van der Waals surface area contributed by atoms with E-state index in [0.717, 1.165) is 15.6 Å². The summed E-state index contributed by atoms with van der Waals surface area (Å²) in [5.74, 6) is 0. The monoisotopic (exact) mass is 210 g/mol. The van der Waals surface area contributed by atoms with E-state index in [4.69, 9.17) is 17.3 Å². The van der Waals surface area contributed by atoms with Gasteiger partial charge in [0.15, 0.2) is 0 Å². The Bertz CT molecular complexity index is 425. The first-order valence-corrected chi connectivity index (χ1v) is 4.98. The number of anilines is 1. The zero-order chi connectivity index (χ0) is 9.26. The van der Waals surface area contributed by atoms with Gasteiger partial charge >= 0.3 is 0 Å². The molecule has 0 aliphatic carbocycles. The van der Waals surface area contributed by atoms with Crippen molar-refractivity contribution in [2.75, 3.05) is 5.73 Å². The van der Waals surface area contributed by atoms with Gasteiger partial charge in [-0.3, -0.25) is 4.98 Å². The van der Waals surface area contributed by atoms with Crippen LogP contribution in [0, 0.1) is 0 Å². The van der Waals surface area contributed by atoms with Crippen LogP contribution in [0.1, 0.15) is 0 Å². The number of thiophene rings is 1. The number of nitrogens with two attached hydrogens (primary N) is 1. The predicted molar refractivity (Wildman–Crippen MR) is 57.0 cm³/mol. The van der Waals surface area contributed by atoms with E-state index in [1.165, 1.54) is 0 Å². The summed E-state index contributed by atoms with van der Waals surface area (Å²) in [5, 5.41) is 2.66. The van der Waals surface area contributed by atoms with Gasteiger partial charge in [0, 0.05) is 11.9 Å². The quantitative estimate of drug-likeness (QED) is 0.786. The van der Waals surface area contributed by atoms with Gasteiger partial charge in [0.2, 0.25) is 0 Å². The maximum Gasteiger partial charge on any atom is 0.0837 e. The highest BCUT2D eigenvalue weighted by Gasteiger charge is 2.05. The lowest BCUT2D eigenvalue weighted by atomic mass is 10.3. The fourth-order valence-electron chi connectivity index (χ4n) is 1.05. The zero-order valence-corrected chi connectivity index (χ0v) is 8.27. The van der Waals surface area contributed by atoms with Crippen molar-refractivity contribution in [3.8, 4) is 10.6 Å². The number of nitrogens with zero attached hydrogens (tertiary/aromatic N) is 1. The molecule has 2 nitrogen and oxygen atoms in total. The van der Waals surface area contributed by atoms with Crippen LogP contribution < -0.4 is 5.73 Å². The molecule has 0 fully saturated rings. The molecular weight excluding hydrogens is 204 g/mol. The summed E-state index contributed by atoms with van der Waals surface area (Å²) in [7, 11) is 0. The van der Waals surface area contributed by atoms with Crippen LogP contribution >= 0.6 is 22.9 Å². The Kier molecular flexibility index (Phi) is 2.20. The second kappa shape index (κ2) is 3.36. The van der Waals surface area contributed by atoms with Gasteiger partial charge in [-0.15, -0.1) is 11.3 Å². The second-order valence-electron chi connectivity index (χ2n) is 2.57. The molecule has 0 saturated heterocycles. The molecule has 0 saturated carbocycles. The smallest absolute Gasteiger partial charge is 0.0837 e. The Balaban J connectivity index is 2.53. The third kappa shape index (κ3) is 1.66. The highest BCUT2D eigenvalue weighted by Crippen LogP contribution is 2.32. The van der Waals surface area contributed by atoms with Crippen molar-refractivity contribution in [3.05, 3.63) is 34.8 Å². The van der Waals surface area contributed by atoms with E-state index in [1.54, 1.807) is 23.6 Å². The normalized spacial score (nSPS) is 10.2. The third-order valence-corrected chi connectivity index (χ3v) is 3.00. The highest BCUT2D eigenvalue weighted by atomic mass is 35.5. The van der Waals surface area contributed by atoms with Crippen LogP contribution in [-0.2, 0) is 0 Å². The summed E-state index contributed by atoms with van der Waals surface area (Å²) in [6, 6.07) is 5.43. The molecule has 0 atom stereocenters. The van der Waals surface area contributed by atoms with Crippen molar-refractivity contribution in [1.82, 2.24) is 4.98 Å². The lowest BCUT2D eigenvalue weighted by Gasteiger charge is -1.98.